The number of carbonyl (C=O) groups is 1. The molecule has 0 saturated carbocycles. The molecule has 4 N–H and O–H groups in total. The van der Waals surface area contributed by atoms with Crippen LogP contribution in [0.2, 0.25) is 5.02 Å². The fourth-order valence-corrected chi connectivity index (χ4v) is 1.59. The first-order valence-corrected chi connectivity index (χ1v) is 6.66. The van der Waals surface area contributed by atoms with E-state index in [0.717, 1.165) is 19.4 Å². The molecule has 1 rings (SSSR count). The van der Waals surface area contributed by atoms with Gasteiger partial charge in [0.15, 0.2) is 0 Å². The Morgan fingerprint density at radius 1 is 1.55 bits per heavy atom. The average Bonchev–Trinajstić information content (AvgIpc) is 2.43. The van der Waals surface area contributed by atoms with Gasteiger partial charge in [0.1, 0.15) is 11.6 Å². The van der Waals surface area contributed by atoms with Crippen LogP contribution in [0.3, 0.4) is 0 Å². The molecular weight excluding hydrogens is 276 g/mol. The minimum Gasteiger partial charge on any atom is -0.398 e. The van der Waals surface area contributed by atoms with Crippen LogP contribution in [0.15, 0.2) is 30.0 Å². The largest absolute Gasteiger partial charge is 0.398 e. The first-order valence-electron chi connectivity index (χ1n) is 6.28. The number of nitrogen functional groups attached to an aromatic ring is 1. The summed E-state index contributed by atoms with van der Waals surface area (Å²) in [5.41, 5.74) is 6.51. The van der Waals surface area contributed by atoms with Gasteiger partial charge in [-0.25, -0.2) is 0 Å². The Balaban J connectivity index is 2.67. The van der Waals surface area contributed by atoms with Crippen LogP contribution in [0, 0.1) is 11.3 Å². The Labute approximate surface area is 123 Å². The van der Waals surface area contributed by atoms with E-state index in [2.05, 4.69) is 17.6 Å². The lowest BCUT2D eigenvalue weighted by molar-refractivity contribution is -0.112. The molecule has 1 aromatic carbocycles. The van der Waals surface area contributed by atoms with Crippen molar-refractivity contribution >= 4 is 28.9 Å². The number of unbranched alkanes of at least 4 members (excludes halogenated alkanes) is 1. The third-order valence-corrected chi connectivity index (χ3v) is 2.87. The van der Waals surface area contributed by atoms with E-state index in [1.54, 1.807) is 12.1 Å². The number of carbonyl (C=O) groups excluding carboxylic acids is 1. The normalized spacial score (nSPS) is 10.8. The van der Waals surface area contributed by atoms with Crippen molar-refractivity contribution in [1.29, 1.82) is 5.26 Å². The van der Waals surface area contributed by atoms with Crippen molar-refractivity contribution in [2.45, 2.75) is 19.8 Å². The predicted octanol–water partition coefficient (Wildman–Crippen LogP) is 2.66. The van der Waals surface area contributed by atoms with Crippen molar-refractivity contribution in [2.75, 3.05) is 17.6 Å². The second-order valence-corrected chi connectivity index (χ2v) is 4.58. The zero-order chi connectivity index (χ0) is 15.0. The summed E-state index contributed by atoms with van der Waals surface area (Å²) in [6.45, 7) is 2.79. The third kappa shape index (κ3) is 4.82. The topological polar surface area (TPSA) is 90.9 Å². The number of halogens is 1. The molecule has 0 heterocycles. The second-order valence-electron chi connectivity index (χ2n) is 4.17. The number of hydrogen-bond acceptors (Lipinski definition) is 4. The van der Waals surface area contributed by atoms with E-state index < -0.39 is 5.91 Å². The zero-order valence-corrected chi connectivity index (χ0v) is 12.0. The van der Waals surface area contributed by atoms with Crippen LogP contribution in [0.1, 0.15) is 19.8 Å². The van der Waals surface area contributed by atoms with Gasteiger partial charge in [0, 0.05) is 18.4 Å². The van der Waals surface area contributed by atoms with Crippen molar-refractivity contribution in [2.24, 2.45) is 0 Å². The molecule has 20 heavy (non-hydrogen) atoms. The Kier molecular flexibility index (Phi) is 6.41. The molecule has 5 nitrogen and oxygen atoms in total. The first-order chi connectivity index (χ1) is 9.58. The van der Waals surface area contributed by atoms with E-state index in [1.807, 2.05) is 6.07 Å². The van der Waals surface area contributed by atoms with Crippen molar-refractivity contribution in [3.8, 4) is 6.07 Å². The van der Waals surface area contributed by atoms with Gasteiger partial charge >= 0.3 is 0 Å². The molecule has 0 atom stereocenters. The number of benzene rings is 1. The Bertz CT molecular complexity index is 549. The maximum Gasteiger partial charge on any atom is 0.267 e. The van der Waals surface area contributed by atoms with E-state index in [9.17, 15) is 4.79 Å². The van der Waals surface area contributed by atoms with Crippen molar-refractivity contribution < 1.29 is 4.79 Å². The number of anilines is 2. The van der Waals surface area contributed by atoms with Crippen LogP contribution < -0.4 is 16.4 Å². The molecular formula is C14H17ClN4O. The van der Waals surface area contributed by atoms with Gasteiger partial charge in [0.05, 0.1) is 10.7 Å². The van der Waals surface area contributed by atoms with Crippen molar-refractivity contribution in [3.05, 3.63) is 35.0 Å². The third-order valence-electron chi connectivity index (χ3n) is 2.54. The summed E-state index contributed by atoms with van der Waals surface area (Å²) in [6.07, 6.45) is 3.44. The highest BCUT2D eigenvalue weighted by atomic mass is 35.5. The smallest absolute Gasteiger partial charge is 0.267 e. The summed E-state index contributed by atoms with van der Waals surface area (Å²) in [5.74, 6) is -0.489. The molecule has 1 amide bonds. The average molecular weight is 293 g/mol. The Hall–Kier alpha value is -2.19. The predicted molar refractivity (Wildman–Crippen MR) is 81.1 cm³/mol. The quantitative estimate of drug-likeness (QED) is 0.325. The first kappa shape index (κ1) is 15.9. The minimum absolute atomic E-state index is 0.00838. The molecule has 0 spiro atoms. The standard InChI is InChI=1S/C14H17ClN4O/c1-2-3-6-18-9-10(8-16)14(20)19-11-4-5-13(17)12(15)7-11/h4-5,7,9,18H,2-3,6,17H2,1H3,(H,19,20)/b10-9-. The van der Waals surface area contributed by atoms with Gasteiger partial charge < -0.3 is 16.4 Å². The number of nitrogens with zero attached hydrogens (tertiary/aromatic N) is 1. The van der Waals surface area contributed by atoms with Gasteiger partial charge in [-0.1, -0.05) is 24.9 Å². The minimum atomic E-state index is -0.489. The molecule has 0 aliphatic carbocycles. The SMILES string of the molecule is CCCCN/C=C(/C#N)C(=O)Nc1ccc(N)c(Cl)c1. The van der Waals surface area contributed by atoms with E-state index in [-0.39, 0.29) is 5.57 Å². The lowest BCUT2D eigenvalue weighted by Gasteiger charge is -2.06. The van der Waals surface area contributed by atoms with Gasteiger partial charge in [-0.2, -0.15) is 5.26 Å². The lowest BCUT2D eigenvalue weighted by Crippen LogP contribution is -2.17. The monoisotopic (exact) mass is 292 g/mol. The highest BCUT2D eigenvalue weighted by Gasteiger charge is 2.09. The molecule has 0 aromatic heterocycles. The molecule has 6 heteroatoms. The maximum atomic E-state index is 11.9. The number of nitrogens with two attached hydrogens (primary N) is 1. The molecule has 0 aliphatic rings. The van der Waals surface area contributed by atoms with Crippen LogP contribution in [0.4, 0.5) is 11.4 Å². The highest BCUT2D eigenvalue weighted by molar-refractivity contribution is 6.33. The summed E-state index contributed by atoms with van der Waals surface area (Å²) in [4.78, 5) is 11.9. The summed E-state index contributed by atoms with van der Waals surface area (Å²) in [7, 11) is 0. The van der Waals surface area contributed by atoms with Gasteiger partial charge in [0.2, 0.25) is 0 Å². The van der Waals surface area contributed by atoms with Crippen LogP contribution >= 0.6 is 11.6 Å². The number of rotatable bonds is 6. The molecule has 0 aliphatic heterocycles. The van der Waals surface area contributed by atoms with Gasteiger partial charge in [-0.15, -0.1) is 0 Å². The Morgan fingerprint density at radius 2 is 2.30 bits per heavy atom. The number of nitriles is 1. The van der Waals surface area contributed by atoms with Crippen LogP contribution in [0.25, 0.3) is 0 Å². The van der Waals surface area contributed by atoms with E-state index in [1.165, 1.54) is 12.3 Å². The Morgan fingerprint density at radius 3 is 2.90 bits per heavy atom. The number of nitrogens with one attached hydrogen (secondary N) is 2. The summed E-state index contributed by atoms with van der Waals surface area (Å²) >= 11 is 5.86. The number of hydrogen-bond donors (Lipinski definition) is 3. The summed E-state index contributed by atoms with van der Waals surface area (Å²) in [5, 5.41) is 14.8. The van der Waals surface area contributed by atoms with Crippen LogP contribution in [0.5, 0.6) is 0 Å². The molecule has 0 unspecified atom stereocenters. The molecule has 0 radical (unpaired) electrons. The molecule has 106 valence electrons. The van der Waals surface area contributed by atoms with E-state index >= 15 is 0 Å². The van der Waals surface area contributed by atoms with Crippen molar-refractivity contribution in [1.82, 2.24) is 5.32 Å². The zero-order valence-electron chi connectivity index (χ0n) is 11.2. The van der Waals surface area contributed by atoms with Gasteiger partial charge in [-0.3, -0.25) is 4.79 Å². The molecule has 0 saturated heterocycles. The molecule has 0 fully saturated rings. The maximum absolute atomic E-state index is 11.9. The second kappa shape index (κ2) is 8.08. The summed E-state index contributed by atoms with van der Waals surface area (Å²) in [6, 6.07) is 6.60. The number of amides is 1. The molecule has 0 bridgehead atoms. The van der Waals surface area contributed by atoms with Gasteiger partial charge in [-0.05, 0) is 24.6 Å². The van der Waals surface area contributed by atoms with Crippen LogP contribution in [-0.4, -0.2) is 12.5 Å². The fourth-order valence-electron chi connectivity index (χ4n) is 1.40. The van der Waals surface area contributed by atoms with Crippen molar-refractivity contribution in [3.63, 3.8) is 0 Å². The van der Waals surface area contributed by atoms with Crippen LogP contribution in [-0.2, 0) is 4.79 Å². The fraction of sp³-hybridized carbons (Fsp3) is 0.286. The van der Waals surface area contributed by atoms with E-state index in [4.69, 9.17) is 22.6 Å². The lowest BCUT2D eigenvalue weighted by atomic mass is 10.2. The van der Waals surface area contributed by atoms with Gasteiger partial charge in [0.25, 0.3) is 5.91 Å². The molecule has 1 aromatic rings. The van der Waals surface area contributed by atoms with E-state index in [0.29, 0.717) is 16.4 Å². The summed E-state index contributed by atoms with van der Waals surface area (Å²) < 4.78 is 0. The highest BCUT2D eigenvalue weighted by Crippen LogP contribution is 2.22.